The van der Waals surface area contributed by atoms with Gasteiger partial charge in [0.05, 0.1) is 19.0 Å². The van der Waals surface area contributed by atoms with E-state index in [1.54, 1.807) is 30.3 Å². The summed E-state index contributed by atoms with van der Waals surface area (Å²) in [5.74, 6) is -6.60. The van der Waals surface area contributed by atoms with Crippen LogP contribution in [0.1, 0.15) is 24.8 Å². The number of aliphatic carboxylic acids is 1. The summed E-state index contributed by atoms with van der Waals surface area (Å²) < 4.78 is 0. The summed E-state index contributed by atoms with van der Waals surface area (Å²) in [6, 6.07) is 2.17. The Labute approximate surface area is 278 Å². The van der Waals surface area contributed by atoms with Gasteiger partial charge in [-0.3, -0.25) is 38.6 Å². The minimum absolute atomic E-state index is 0.0282. The highest BCUT2D eigenvalue weighted by atomic mass is 33.1. The van der Waals surface area contributed by atoms with Crippen LogP contribution in [-0.2, 0) is 40.0 Å². The molecule has 0 saturated carbocycles. The van der Waals surface area contributed by atoms with Crippen molar-refractivity contribution in [1.29, 1.82) is 0 Å². The molecule has 20 heteroatoms. The third-order valence-corrected chi connectivity index (χ3v) is 8.96. The highest BCUT2D eigenvalue weighted by Gasteiger charge is 2.31. The van der Waals surface area contributed by atoms with E-state index in [0.29, 0.717) is 5.56 Å². The molecule has 1 heterocycles. The number of carboxylic acid groups (broad SMARTS) is 1. The van der Waals surface area contributed by atoms with E-state index >= 15 is 0 Å². The first-order valence-corrected chi connectivity index (χ1v) is 16.8. The summed E-state index contributed by atoms with van der Waals surface area (Å²) in [5, 5.41) is 21.5. The van der Waals surface area contributed by atoms with Gasteiger partial charge in [-0.15, -0.1) is 0 Å². The Balaban J connectivity index is 2.36. The third-order valence-electron chi connectivity index (χ3n) is 6.51. The lowest BCUT2D eigenvalue weighted by Gasteiger charge is -2.25. The summed E-state index contributed by atoms with van der Waals surface area (Å²) >= 11 is 0. The van der Waals surface area contributed by atoms with Crippen LogP contribution in [0.15, 0.2) is 35.3 Å². The molecule has 5 atom stereocenters. The lowest BCUT2D eigenvalue weighted by Crippen LogP contribution is -2.58. The number of rotatable bonds is 9. The second-order valence-corrected chi connectivity index (χ2v) is 12.9. The first-order valence-electron chi connectivity index (χ1n) is 14.3. The SMILES string of the molecule is NC(=O)[C@@H]1CSSC[C@H](N)C(=O)NC(CCCN=C(N)N)C(=O)NCC(=O)N[C@@H](CC(=O)O)C(=O)NC(Cc2ccccc2)C(=O)N1. The lowest BCUT2D eigenvalue weighted by molar-refractivity contribution is -0.141. The van der Waals surface area contributed by atoms with Crippen molar-refractivity contribution in [1.82, 2.24) is 26.6 Å². The topological polar surface area (TPSA) is 316 Å². The Bertz CT molecular complexity index is 1320. The number of carboxylic acids is 1. The monoisotopic (exact) mass is 696 g/mol. The van der Waals surface area contributed by atoms with Crippen LogP contribution >= 0.6 is 21.6 Å². The van der Waals surface area contributed by atoms with Gasteiger partial charge in [0.1, 0.15) is 24.2 Å². The van der Waals surface area contributed by atoms with Crippen molar-refractivity contribution < 1.29 is 38.7 Å². The van der Waals surface area contributed by atoms with Crippen molar-refractivity contribution in [3.63, 3.8) is 0 Å². The van der Waals surface area contributed by atoms with Gasteiger partial charge in [-0.25, -0.2) is 0 Å². The molecule has 1 aromatic carbocycles. The molecular weight excluding hydrogens is 656 g/mol. The molecule has 6 amide bonds. The minimum Gasteiger partial charge on any atom is -0.481 e. The lowest BCUT2D eigenvalue weighted by atomic mass is 10.0. The van der Waals surface area contributed by atoms with Crippen LogP contribution in [0.2, 0.25) is 0 Å². The number of hydrogen-bond acceptors (Lipinski definition) is 11. The fraction of sp³-hybridized carbons (Fsp3) is 0.481. The fourth-order valence-corrected chi connectivity index (χ4v) is 6.38. The molecular formula is C27H40N10O8S2. The Hall–Kier alpha value is -4.56. The van der Waals surface area contributed by atoms with Gasteiger partial charge in [0.25, 0.3) is 0 Å². The predicted octanol–water partition coefficient (Wildman–Crippen LogP) is -3.98. The van der Waals surface area contributed by atoms with Gasteiger partial charge in [-0.1, -0.05) is 51.9 Å². The molecule has 1 saturated heterocycles. The molecule has 14 N–H and O–H groups in total. The van der Waals surface area contributed by atoms with Gasteiger partial charge in [-0.05, 0) is 18.4 Å². The summed E-state index contributed by atoms with van der Waals surface area (Å²) in [5.41, 5.74) is 22.8. The fourth-order valence-electron chi connectivity index (χ4n) is 4.08. The molecule has 47 heavy (non-hydrogen) atoms. The molecule has 0 radical (unpaired) electrons. The molecule has 0 spiro atoms. The van der Waals surface area contributed by atoms with Gasteiger partial charge in [0.15, 0.2) is 5.96 Å². The molecule has 18 nitrogen and oxygen atoms in total. The van der Waals surface area contributed by atoms with E-state index in [4.69, 9.17) is 22.9 Å². The number of hydrogen-bond donors (Lipinski definition) is 10. The predicted molar refractivity (Wildman–Crippen MR) is 175 cm³/mol. The van der Waals surface area contributed by atoms with Gasteiger partial charge in [-0.2, -0.15) is 0 Å². The van der Waals surface area contributed by atoms with Gasteiger partial charge >= 0.3 is 5.97 Å². The number of primary amides is 1. The van der Waals surface area contributed by atoms with E-state index in [2.05, 4.69) is 31.6 Å². The number of nitrogens with two attached hydrogens (primary N) is 4. The number of guanidine groups is 1. The van der Waals surface area contributed by atoms with Crippen molar-refractivity contribution in [2.24, 2.45) is 27.9 Å². The van der Waals surface area contributed by atoms with Gasteiger partial charge < -0.3 is 54.6 Å². The Morgan fingerprint density at radius 1 is 0.830 bits per heavy atom. The van der Waals surface area contributed by atoms with Crippen molar-refractivity contribution in [3.05, 3.63) is 35.9 Å². The molecule has 0 bridgehead atoms. The quantitative estimate of drug-likeness (QED) is 0.0510. The smallest absolute Gasteiger partial charge is 0.305 e. The number of nitrogens with zero attached hydrogens (tertiary/aromatic N) is 1. The first-order chi connectivity index (χ1) is 22.3. The highest BCUT2D eigenvalue weighted by Crippen LogP contribution is 2.23. The van der Waals surface area contributed by atoms with E-state index in [0.717, 1.165) is 21.6 Å². The maximum atomic E-state index is 13.3. The van der Waals surface area contributed by atoms with Crippen molar-refractivity contribution >= 4 is 69.0 Å². The number of amides is 6. The molecule has 2 rings (SSSR count). The molecule has 258 valence electrons. The van der Waals surface area contributed by atoms with Crippen LogP contribution in [0.3, 0.4) is 0 Å². The summed E-state index contributed by atoms with van der Waals surface area (Å²) in [7, 11) is 2.23. The van der Waals surface area contributed by atoms with Crippen LogP contribution in [0.5, 0.6) is 0 Å². The number of carbonyl (C=O) groups is 7. The normalized spacial score (nSPS) is 23.9. The van der Waals surface area contributed by atoms with Crippen LogP contribution in [0.4, 0.5) is 0 Å². The average molecular weight is 697 g/mol. The van der Waals surface area contributed by atoms with E-state index < -0.39 is 84.6 Å². The Morgan fingerprint density at radius 3 is 2.11 bits per heavy atom. The molecule has 0 aromatic heterocycles. The molecule has 1 fully saturated rings. The second kappa shape index (κ2) is 19.8. The zero-order valence-electron chi connectivity index (χ0n) is 25.3. The number of nitrogens with one attached hydrogen (secondary N) is 5. The van der Waals surface area contributed by atoms with Crippen molar-refractivity contribution in [2.45, 2.75) is 55.9 Å². The van der Waals surface area contributed by atoms with Crippen molar-refractivity contribution in [2.75, 3.05) is 24.6 Å². The standard InChI is InChI=1S/C27H40N10O8S2/c28-15-12-46-47-13-19(22(29)41)37-25(44)17(9-14-5-2-1-3-6-14)36-26(45)18(10-21(39)40)34-20(38)11-33-24(43)16(35-23(15)42)7-4-8-32-27(30)31/h1-3,5-6,15-19H,4,7-13,28H2,(H2,29,41)(H,33,43)(H,34,38)(H,35,42)(H,36,45)(H,37,44)(H,39,40)(H4,30,31,32)/t15-,16?,17?,18-,19-/m0/s1. The second-order valence-electron chi connectivity index (χ2n) is 10.3. The number of carbonyl (C=O) groups excluding carboxylic acids is 6. The van der Waals surface area contributed by atoms with Gasteiger partial charge in [0, 0.05) is 24.5 Å². The Morgan fingerprint density at radius 2 is 1.47 bits per heavy atom. The minimum atomic E-state index is -1.65. The molecule has 1 aliphatic rings. The summed E-state index contributed by atoms with van der Waals surface area (Å²) in [6.07, 6.45) is -0.570. The van der Waals surface area contributed by atoms with E-state index in [1.165, 1.54) is 0 Å². The molecule has 2 unspecified atom stereocenters. The first kappa shape index (κ1) is 38.6. The van der Waals surface area contributed by atoms with Crippen molar-refractivity contribution in [3.8, 4) is 0 Å². The van der Waals surface area contributed by atoms with E-state index in [9.17, 15) is 38.7 Å². The zero-order chi connectivity index (χ0) is 34.9. The van der Waals surface area contributed by atoms with Crippen LogP contribution < -0.4 is 49.5 Å². The summed E-state index contributed by atoms with van der Waals surface area (Å²) in [6.45, 7) is -0.537. The maximum Gasteiger partial charge on any atom is 0.305 e. The van der Waals surface area contributed by atoms with Crippen LogP contribution in [0, 0.1) is 0 Å². The Kier molecular flexibility index (Phi) is 16.3. The largest absolute Gasteiger partial charge is 0.481 e. The summed E-state index contributed by atoms with van der Waals surface area (Å²) in [4.78, 5) is 92.8. The molecule has 1 aliphatic heterocycles. The molecule has 1 aromatic rings. The van der Waals surface area contributed by atoms with E-state index in [1.807, 2.05) is 0 Å². The third kappa shape index (κ3) is 14.6. The van der Waals surface area contributed by atoms with Crippen LogP contribution in [0.25, 0.3) is 0 Å². The zero-order valence-corrected chi connectivity index (χ0v) is 26.9. The molecule has 0 aliphatic carbocycles. The van der Waals surface area contributed by atoms with E-state index in [-0.39, 0.29) is 43.3 Å². The average Bonchev–Trinajstić information content (AvgIpc) is 3.01. The maximum absolute atomic E-state index is 13.3. The number of benzene rings is 1. The van der Waals surface area contributed by atoms with Crippen LogP contribution in [-0.4, -0.2) is 107 Å². The number of aliphatic imine (C=N–C) groups is 1. The highest BCUT2D eigenvalue weighted by molar-refractivity contribution is 8.76. The van der Waals surface area contributed by atoms with Gasteiger partial charge in [0.2, 0.25) is 35.4 Å².